The number of para-hydroxylation sites is 2. The number of hydrogen-bond donors (Lipinski definition) is 0. The molecule has 0 aliphatic carbocycles. The number of amides is 4. The van der Waals surface area contributed by atoms with Gasteiger partial charge >= 0.3 is 12.2 Å². The largest absolute Gasteiger partial charge is 0.429 e. The average Bonchev–Trinajstić information content (AvgIpc) is 3.18. The normalized spacial score (nSPS) is 25.9. The lowest BCUT2D eigenvalue weighted by Gasteiger charge is -2.20. The third-order valence-corrected chi connectivity index (χ3v) is 5.77. The summed E-state index contributed by atoms with van der Waals surface area (Å²) in [5, 5.41) is 0. The molecule has 0 aromatic heterocycles. The van der Waals surface area contributed by atoms with E-state index in [1.54, 1.807) is 60.7 Å². The molecule has 0 saturated carbocycles. The maximum atomic E-state index is 13.4. The number of benzene rings is 2. The van der Waals surface area contributed by atoms with Crippen molar-refractivity contribution in [2.75, 3.05) is 9.80 Å². The summed E-state index contributed by atoms with van der Waals surface area (Å²) in [6.07, 6.45) is -4.80. The highest BCUT2D eigenvalue weighted by Crippen LogP contribution is 2.33. The van der Waals surface area contributed by atoms with Crippen LogP contribution < -0.4 is 9.80 Å². The van der Waals surface area contributed by atoms with Gasteiger partial charge in [0.25, 0.3) is 11.8 Å². The predicted octanol–water partition coefficient (Wildman–Crippen LogP) is 4.57. The van der Waals surface area contributed by atoms with Gasteiger partial charge < -0.3 is 9.47 Å². The minimum atomic E-state index is -1.73. The summed E-state index contributed by atoms with van der Waals surface area (Å²) >= 11 is 0. The fourth-order valence-corrected chi connectivity index (χ4v) is 3.25. The van der Waals surface area contributed by atoms with Gasteiger partial charge in [0.05, 0.1) is 11.4 Å². The topological polar surface area (TPSA) is 93.2 Å². The van der Waals surface area contributed by atoms with Crippen molar-refractivity contribution < 1.29 is 37.4 Å². The lowest BCUT2D eigenvalue weighted by molar-refractivity contribution is -0.133. The summed E-state index contributed by atoms with van der Waals surface area (Å²) in [7, 11) is 0. The molecule has 4 atom stereocenters. The fraction of sp³-hybridized carbons (Fsp3) is 0.333. The van der Waals surface area contributed by atoms with Crippen LogP contribution in [-0.2, 0) is 19.1 Å². The highest BCUT2D eigenvalue weighted by atomic mass is 19.1. The van der Waals surface area contributed by atoms with Crippen molar-refractivity contribution in [2.24, 2.45) is 0 Å². The van der Waals surface area contributed by atoms with Gasteiger partial charge in [0.1, 0.15) is 12.3 Å². The van der Waals surface area contributed by atoms with E-state index in [4.69, 9.17) is 9.47 Å². The quantitative estimate of drug-likeness (QED) is 0.644. The second-order valence-electron chi connectivity index (χ2n) is 8.13. The Bertz CT molecular complexity index is 1010. The molecule has 180 valence electrons. The Morgan fingerprint density at radius 2 is 0.941 bits per heavy atom. The molecule has 0 bridgehead atoms. The number of imide groups is 2. The highest BCUT2D eigenvalue weighted by molar-refractivity contribution is 6.20. The molecule has 2 saturated heterocycles. The molecule has 10 heteroatoms. The van der Waals surface area contributed by atoms with Crippen molar-refractivity contribution in [1.29, 1.82) is 0 Å². The van der Waals surface area contributed by atoms with Crippen LogP contribution in [-0.4, -0.2) is 47.5 Å². The zero-order chi connectivity index (χ0) is 25.3. The van der Waals surface area contributed by atoms with Gasteiger partial charge in [-0.3, -0.25) is 9.59 Å². The number of carbonyl (C=O) groups excluding carboxylic acids is 4. The third-order valence-electron chi connectivity index (χ3n) is 5.77. The first-order valence-corrected chi connectivity index (χ1v) is 10.5. The fourth-order valence-electron chi connectivity index (χ4n) is 3.25. The van der Waals surface area contributed by atoms with Gasteiger partial charge in [-0.1, -0.05) is 36.4 Å². The van der Waals surface area contributed by atoms with Crippen LogP contribution in [0.5, 0.6) is 0 Å². The van der Waals surface area contributed by atoms with Crippen LogP contribution in [0.15, 0.2) is 60.7 Å². The van der Waals surface area contributed by atoms with Crippen LogP contribution in [0.4, 0.5) is 29.7 Å². The van der Waals surface area contributed by atoms with Gasteiger partial charge in [-0.2, -0.15) is 0 Å². The van der Waals surface area contributed by atoms with Crippen molar-refractivity contribution >= 4 is 35.4 Å². The van der Waals surface area contributed by atoms with E-state index in [0.29, 0.717) is 11.4 Å². The lowest BCUT2D eigenvalue weighted by atomic mass is 10.0. The maximum absolute atomic E-state index is 13.4. The summed E-state index contributed by atoms with van der Waals surface area (Å²) in [4.78, 5) is 49.0. The molecule has 0 N–H and O–H groups in total. The molecule has 0 spiro atoms. The molecule has 2 aliphatic rings. The van der Waals surface area contributed by atoms with E-state index in [1.165, 1.54) is 27.7 Å². The van der Waals surface area contributed by atoms with E-state index < -0.39 is 47.5 Å². The number of nitrogens with zero attached hydrogens (tertiary/aromatic N) is 2. The molecular weight excluding hydrogens is 450 g/mol. The molecule has 0 radical (unpaired) electrons. The number of halogens is 2. The van der Waals surface area contributed by atoms with Gasteiger partial charge in [-0.25, -0.2) is 28.2 Å². The van der Waals surface area contributed by atoms with Crippen LogP contribution in [0, 0.1) is 0 Å². The van der Waals surface area contributed by atoms with Crippen LogP contribution >= 0.6 is 0 Å². The van der Waals surface area contributed by atoms with Crippen molar-refractivity contribution in [3.63, 3.8) is 0 Å². The Hall–Kier alpha value is -3.82. The minimum Gasteiger partial charge on any atom is -0.429 e. The Labute approximate surface area is 195 Å². The number of rotatable bonds is 4. The van der Waals surface area contributed by atoms with Crippen molar-refractivity contribution in [2.45, 2.75) is 51.2 Å². The zero-order valence-electron chi connectivity index (χ0n) is 19.0. The van der Waals surface area contributed by atoms with Crippen LogP contribution in [0.1, 0.15) is 27.7 Å². The second kappa shape index (κ2) is 9.20. The molecular formula is C24H24F2N2O6. The monoisotopic (exact) mass is 474 g/mol. The summed E-state index contributed by atoms with van der Waals surface area (Å²) in [5.74, 6) is -1.35. The highest BCUT2D eigenvalue weighted by Gasteiger charge is 2.56. The van der Waals surface area contributed by atoms with E-state index in [0.717, 1.165) is 9.80 Å². The van der Waals surface area contributed by atoms with E-state index in [2.05, 4.69) is 0 Å². The number of ether oxygens (including phenoxy) is 2. The van der Waals surface area contributed by atoms with Crippen molar-refractivity contribution in [3.8, 4) is 0 Å². The Kier molecular flexibility index (Phi) is 6.72. The van der Waals surface area contributed by atoms with Gasteiger partial charge in [-0.15, -0.1) is 0 Å². The Morgan fingerprint density at radius 1 is 0.647 bits per heavy atom. The smallest absolute Gasteiger partial charge is 0.422 e. The van der Waals surface area contributed by atoms with Gasteiger partial charge in [-0.05, 0) is 52.0 Å². The van der Waals surface area contributed by atoms with Gasteiger partial charge in [0, 0.05) is 0 Å². The molecule has 4 amide bonds. The first kappa shape index (κ1) is 24.8. The number of anilines is 2. The van der Waals surface area contributed by atoms with Crippen molar-refractivity contribution in [1.82, 2.24) is 0 Å². The molecule has 4 rings (SSSR count). The van der Waals surface area contributed by atoms with Gasteiger partial charge in [0.15, 0.2) is 0 Å². The second-order valence-corrected chi connectivity index (χ2v) is 8.13. The Balaban J connectivity index is 0.000000191. The van der Waals surface area contributed by atoms with Crippen LogP contribution in [0.25, 0.3) is 0 Å². The molecule has 0 unspecified atom stereocenters. The molecule has 2 heterocycles. The molecule has 8 nitrogen and oxygen atoms in total. The summed E-state index contributed by atoms with van der Waals surface area (Å²) in [6.45, 7) is 4.95. The van der Waals surface area contributed by atoms with E-state index >= 15 is 0 Å². The Morgan fingerprint density at radius 3 is 1.18 bits per heavy atom. The summed E-state index contributed by atoms with van der Waals surface area (Å²) < 4.78 is 36.5. The average molecular weight is 474 g/mol. The molecule has 2 fully saturated rings. The number of alkyl halides is 2. The molecule has 2 aliphatic heterocycles. The molecule has 34 heavy (non-hydrogen) atoms. The van der Waals surface area contributed by atoms with Gasteiger partial charge in [0.2, 0.25) is 11.2 Å². The van der Waals surface area contributed by atoms with Crippen LogP contribution in [0.2, 0.25) is 0 Å². The van der Waals surface area contributed by atoms with Crippen molar-refractivity contribution in [3.05, 3.63) is 60.7 Å². The SMILES string of the molecule is C[C@@H](F)[C@@]1(C)OC(=O)N(c2ccccc2)C1=O.C[C@H](F)[C@]1(C)OC(=O)N(c2ccccc2)C1=O. The zero-order valence-corrected chi connectivity index (χ0v) is 19.0. The van der Waals surface area contributed by atoms with E-state index in [-0.39, 0.29) is 0 Å². The summed E-state index contributed by atoms with van der Waals surface area (Å²) in [6, 6.07) is 16.6. The minimum absolute atomic E-state index is 0.381. The standard InChI is InChI=1S/2C12H12FNO3/c2*1-8(13)12(2)10(15)14(11(16)17-12)9-6-4-3-5-7-9/h2*3-8H,1-2H3/t2*8-,12-/m10/s1. The molecule has 2 aromatic carbocycles. The van der Waals surface area contributed by atoms with E-state index in [9.17, 15) is 28.0 Å². The number of carbonyl (C=O) groups is 4. The number of cyclic esters (lactones) is 2. The first-order valence-electron chi connectivity index (χ1n) is 10.5. The van der Waals surface area contributed by atoms with Crippen LogP contribution in [0.3, 0.4) is 0 Å². The van der Waals surface area contributed by atoms with E-state index in [1.807, 2.05) is 0 Å². The predicted molar refractivity (Wildman–Crippen MR) is 119 cm³/mol. The molecule has 2 aromatic rings. The number of hydrogen-bond acceptors (Lipinski definition) is 6. The third kappa shape index (κ3) is 4.23. The maximum Gasteiger partial charge on any atom is 0.422 e. The lowest BCUT2D eigenvalue weighted by Crippen LogP contribution is -2.44. The summed E-state index contributed by atoms with van der Waals surface area (Å²) in [5.41, 5.74) is -2.70. The first-order chi connectivity index (χ1) is 15.9.